The van der Waals surface area contributed by atoms with Crippen molar-refractivity contribution in [1.82, 2.24) is 10.2 Å². The molecule has 0 aliphatic heterocycles. The number of nitrogens with one attached hydrogen (secondary N) is 1. The Morgan fingerprint density at radius 3 is 2.14 bits per heavy atom. The fourth-order valence-corrected chi connectivity index (χ4v) is 6.79. The fraction of sp³-hybridized carbons (Fsp3) is 0.257. The van der Waals surface area contributed by atoms with Crippen LogP contribution in [0.15, 0.2) is 108 Å². The van der Waals surface area contributed by atoms with Crippen LogP contribution >= 0.6 is 11.6 Å². The lowest BCUT2D eigenvalue weighted by atomic mass is 10.0. The highest BCUT2D eigenvalue weighted by atomic mass is 35.5. The Kier molecular flexibility index (Phi) is 11.2. The Labute approximate surface area is 265 Å². The first-order valence-electron chi connectivity index (χ1n) is 14.6. The molecule has 0 aromatic heterocycles. The Morgan fingerprint density at radius 2 is 1.50 bits per heavy atom. The average Bonchev–Trinajstić information content (AvgIpc) is 3.01. The van der Waals surface area contributed by atoms with Crippen LogP contribution in [0.5, 0.6) is 0 Å². The summed E-state index contributed by atoms with van der Waals surface area (Å²) in [5.41, 5.74) is 3.65. The highest BCUT2D eigenvalue weighted by molar-refractivity contribution is 7.92. The van der Waals surface area contributed by atoms with Crippen LogP contribution in [0.4, 0.5) is 5.69 Å². The third-order valence-corrected chi connectivity index (χ3v) is 9.30. The zero-order valence-corrected chi connectivity index (χ0v) is 26.8. The normalized spacial score (nSPS) is 11.9. The zero-order chi connectivity index (χ0) is 31.7. The maximum absolute atomic E-state index is 14.5. The van der Waals surface area contributed by atoms with Gasteiger partial charge in [-0.2, -0.15) is 0 Å². The highest BCUT2D eigenvalue weighted by Gasteiger charge is 2.35. The van der Waals surface area contributed by atoms with E-state index >= 15 is 0 Å². The molecule has 0 saturated carbocycles. The van der Waals surface area contributed by atoms with Gasteiger partial charge in [0, 0.05) is 24.5 Å². The number of anilines is 1. The molecule has 4 aromatic rings. The zero-order valence-electron chi connectivity index (χ0n) is 25.2. The lowest BCUT2D eigenvalue weighted by Crippen LogP contribution is -2.53. The van der Waals surface area contributed by atoms with Crippen molar-refractivity contribution in [3.63, 3.8) is 0 Å². The summed E-state index contributed by atoms with van der Waals surface area (Å²) in [4.78, 5) is 29.8. The Balaban J connectivity index is 1.81. The van der Waals surface area contributed by atoms with Gasteiger partial charge in [-0.3, -0.25) is 13.9 Å². The van der Waals surface area contributed by atoms with Gasteiger partial charge in [0.1, 0.15) is 12.6 Å². The third kappa shape index (κ3) is 8.27. The molecule has 7 nitrogen and oxygen atoms in total. The standard InChI is InChI=1S/C35H38ClN3O4S/c1-4-20-37-35(41)33(23-28-13-7-5-8-14-28)38(24-29-15-11-12-26(2)21-29)34(40)25-39(32-19-18-30(36)22-27(32)3)44(42,43)31-16-9-6-10-17-31/h5-19,21-22,33H,4,20,23-25H2,1-3H3,(H,37,41)/t33-/m1/s1. The first kappa shape index (κ1) is 32.8. The molecule has 0 spiro atoms. The van der Waals surface area contributed by atoms with Gasteiger partial charge in [0.25, 0.3) is 10.0 Å². The van der Waals surface area contributed by atoms with Gasteiger partial charge in [-0.05, 0) is 67.3 Å². The minimum Gasteiger partial charge on any atom is -0.354 e. The van der Waals surface area contributed by atoms with Crippen molar-refractivity contribution < 1.29 is 18.0 Å². The van der Waals surface area contributed by atoms with Crippen LogP contribution in [0.2, 0.25) is 5.02 Å². The van der Waals surface area contributed by atoms with Gasteiger partial charge in [-0.1, -0.05) is 96.9 Å². The number of amides is 2. The SMILES string of the molecule is CCCNC(=O)[C@@H](Cc1ccccc1)N(Cc1cccc(C)c1)C(=O)CN(c1ccc(Cl)cc1C)S(=O)(=O)c1ccccc1. The summed E-state index contributed by atoms with van der Waals surface area (Å²) in [6.07, 6.45) is 0.994. The Bertz CT molecular complexity index is 1680. The monoisotopic (exact) mass is 631 g/mol. The van der Waals surface area contributed by atoms with Crippen LogP contribution < -0.4 is 9.62 Å². The largest absolute Gasteiger partial charge is 0.354 e. The lowest BCUT2D eigenvalue weighted by molar-refractivity contribution is -0.140. The number of halogens is 1. The smallest absolute Gasteiger partial charge is 0.264 e. The van der Waals surface area contributed by atoms with Gasteiger partial charge < -0.3 is 10.2 Å². The molecule has 44 heavy (non-hydrogen) atoms. The fourth-order valence-electron chi connectivity index (χ4n) is 5.06. The molecule has 0 unspecified atom stereocenters. The summed E-state index contributed by atoms with van der Waals surface area (Å²) in [7, 11) is -4.17. The topological polar surface area (TPSA) is 86.8 Å². The van der Waals surface area contributed by atoms with Gasteiger partial charge in [-0.15, -0.1) is 0 Å². The lowest BCUT2D eigenvalue weighted by Gasteiger charge is -2.34. The summed E-state index contributed by atoms with van der Waals surface area (Å²) in [5.74, 6) is -0.801. The van der Waals surface area contributed by atoms with E-state index in [4.69, 9.17) is 11.6 Å². The van der Waals surface area contributed by atoms with Gasteiger partial charge in [0.15, 0.2) is 0 Å². The van der Waals surface area contributed by atoms with Crippen molar-refractivity contribution in [1.29, 1.82) is 0 Å². The van der Waals surface area contributed by atoms with E-state index in [1.54, 1.807) is 43.3 Å². The number of aryl methyl sites for hydroxylation is 2. The molecule has 2 amide bonds. The van der Waals surface area contributed by atoms with Crippen LogP contribution in [-0.4, -0.2) is 44.3 Å². The van der Waals surface area contributed by atoms with E-state index in [1.807, 2.05) is 68.4 Å². The average molecular weight is 632 g/mol. The number of carbonyl (C=O) groups is 2. The van der Waals surface area contributed by atoms with Crippen molar-refractivity contribution in [2.75, 3.05) is 17.4 Å². The molecule has 0 saturated heterocycles. The van der Waals surface area contributed by atoms with Gasteiger partial charge in [-0.25, -0.2) is 8.42 Å². The molecule has 0 heterocycles. The van der Waals surface area contributed by atoms with Crippen LogP contribution in [-0.2, 0) is 32.6 Å². The number of benzene rings is 4. The molecule has 1 N–H and O–H groups in total. The van der Waals surface area contributed by atoms with E-state index in [0.717, 1.165) is 27.4 Å². The summed E-state index contributed by atoms with van der Waals surface area (Å²) < 4.78 is 29.3. The number of hydrogen-bond donors (Lipinski definition) is 1. The molecule has 1 atom stereocenters. The maximum atomic E-state index is 14.5. The number of nitrogens with zero attached hydrogens (tertiary/aromatic N) is 2. The number of hydrogen-bond acceptors (Lipinski definition) is 4. The minimum absolute atomic E-state index is 0.0499. The predicted octanol–water partition coefficient (Wildman–Crippen LogP) is 6.32. The first-order valence-corrected chi connectivity index (χ1v) is 16.4. The first-order chi connectivity index (χ1) is 21.1. The second-order valence-electron chi connectivity index (χ2n) is 10.8. The van der Waals surface area contributed by atoms with E-state index in [-0.39, 0.29) is 23.8 Å². The van der Waals surface area contributed by atoms with Crippen molar-refractivity contribution >= 4 is 39.1 Å². The summed E-state index contributed by atoms with van der Waals surface area (Å²) in [6, 6.07) is 29.2. The van der Waals surface area contributed by atoms with Crippen molar-refractivity contribution in [2.24, 2.45) is 0 Å². The van der Waals surface area contributed by atoms with Crippen LogP contribution in [0.3, 0.4) is 0 Å². The summed E-state index contributed by atoms with van der Waals surface area (Å²) in [6.45, 7) is 5.73. The molecule has 9 heteroatoms. The molecule has 0 bridgehead atoms. The molecule has 230 valence electrons. The molecule has 0 aliphatic rings. The van der Waals surface area contributed by atoms with Crippen LogP contribution in [0.25, 0.3) is 0 Å². The summed E-state index contributed by atoms with van der Waals surface area (Å²) in [5, 5.41) is 3.41. The van der Waals surface area contributed by atoms with Gasteiger partial charge in [0.05, 0.1) is 10.6 Å². The Hall–Kier alpha value is -4.14. The molecule has 0 aliphatic carbocycles. The minimum atomic E-state index is -4.17. The van der Waals surface area contributed by atoms with E-state index in [9.17, 15) is 18.0 Å². The maximum Gasteiger partial charge on any atom is 0.264 e. The molecule has 4 rings (SSSR count). The molecular weight excluding hydrogens is 594 g/mol. The quantitative estimate of drug-likeness (QED) is 0.187. The number of sulfonamides is 1. The van der Waals surface area contributed by atoms with E-state index < -0.39 is 28.5 Å². The molecule has 4 aromatic carbocycles. The van der Waals surface area contributed by atoms with Gasteiger partial charge in [0.2, 0.25) is 11.8 Å². The highest BCUT2D eigenvalue weighted by Crippen LogP contribution is 2.29. The second kappa shape index (κ2) is 15.0. The third-order valence-electron chi connectivity index (χ3n) is 7.29. The van der Waals surface area contributed by atoms with E-state index in [1.165, 1.54) is 17.0 Å². The van der Waals surface area contributed by atoms with Gasteiger partial charge >= 0.3 is 0 Å². The van der Waals surface area contributed by atoms with Crippen LogP contribution in [0.1, 0.15) is 35.6 Å². The summed E-state index contributed by atoms with van der Waals surface area (Å²) >= 11 is 6.22. The van der Waals surface area contributed by atoms with Crippen molar-refractivity contribution in [2.45, 2.75) is 51.1 Å². The van der Waals surface area contributed by atoms with Crippen molar-refractivity contribution in [3.05, 3.63) is 130 Å². The molecule has 0 fully saturated rings. The van der Waals surface area contributed by atoms with E-state index in [2.05, 4.69) is 5.32 Å². The predicted molar refractivity (Wildman–Crippen MR) is 176 cm³/mol. The second-order valence-corrected chi connectivity index (χ2v) is 13.1. The van der Waals surface area contributed by atoms with Crippen LogP contribution in [0, 0.1) is 13.8 Å². The molecule has 0 radical (unpaired) electrons. The van der Waals surface area contributed by atoms with E-state index in [0.29, 0.717) is 22.8 Å². The number of rotatable bonds is 13. The van der Waals surface area contributed by atoms with Crippen molar-refractivity contribution in [3.8, 4) is 0 Å². The molecular formula is C35H38ClN3O4S. The number of carbonyl (C=O) groups excluding carboxylic acids is 2. The Morgan fingerprint density at radius 1 is 0.841 bits per heavy atom.